The number of benzene rings is 2. The van der Waals surface area contributed by atoms with Crippen LogP contribution in [0.1, 0.15) is 46.0 Å². The number of likely N-dealkylation sites (tertiary alicyclic amines) is 1. The van der Waals surface area contributed by atoms with Crippen molar-refractivity contribution in [1.82, 2.24) is 4.90 Å². The minimum atomic E-state index is -0.485. The number of amides is 2. The molecule has 2 amide bonds. The highest BCUT2D eigenvalue weighted by Gasteiger charge is 2.16. The van der Waals surface area contributed by atoms with Gasteiger partial charge in [-0.1, -0.05) is 19.1 Å². The summed E-state index contributed by atoms with van der Waals surface area (Å²) in [5.41, 5.74) is 8.10. The van der Waals surface area contributed by atoms with Crippen LogP contribution in [0.4, 0.5) is 5.69 Å². The van der Waals surface area contributed by atoms with Gasteiger partial charge in [-0.3, -0.25) is 14.5 Å². The quantitative estimate of drug-likeness (QED) is 0.868. The molecule has 3 rings (SSSR count). The molecule has 3 N–H and O–H groups in total. The van der Waals surface area contributed by atoms with Gasteiger partial charge in [0, 0.05) is 29.9 Å². The number of hydrogen-bond acceptors (Lipinski definition) is 3. The number of nitrogens with two attached hydrogens (primary N) is 1. The molecule has 0 saturated carbocycles. The molecule has 1 saturated heterocycles. The van der Waals surface area contributed by atoms with Crippen molar-refractivity contribution in [3.63, 3.8) is 0 Å². The summed E-state index contributed by atoms with van der Waals surface area (Å²) in [5, 5.41) is 2.83. The number of carbonyl (C=O) groups excluding carboxylic acids is 2. The number of nitrogens with zero attached hydrogens (tertiary/aromatic N) is 1. The minimum Gasteiger partial charge on any atom is -0.366 e. The van der Waals surface area contributed by atoms with E-state index in [4.69, 9.17) is 5.73 Å². The summed E-state index contributed by atoms with van der Waals surface area (Å²) < 4.78 is 0. The second-order valence-electron chi connectivity index (χ2n) is 7.08. The lowest BCUT2D eigenvalue weighted by Gasteiger charge is -2.30. The Labute approximate surface area is 154 Å². The molecule has 5 heteroatoms. The van der Waals surface area contributed by atoms with Crippen LogP contribution in [-0.2, 0) is 6.54 Å². The summed E-state index contributed by atoms with van der Waals surface area (Å²) in [6, 6.07) is 14.3. The molecule has 136 valence electrons. The fourth-order valence-electron chi connectivity index (χ4n) is 3.37. The molecule has 2 aromatic carbocycles. The molecule has 1 aliphatic heterocycles. The van der Waals surface area contributed by atoms with Crippen molar-refractivity contribution in [3.05, 3.63) is 65.2 Å². The second kappa shape index (κ2) is 8.15. The van der Waals surface area contributed by atoms with E-state index in [1.54, 1.807) is 24.3 Å². The normalized spacial score (nSPS) is 17.7. The SMILES string of the molecule is C[C@H]1CCCN(Cc2ccc(C(=O)Nc3ccc(C(N)=O)cc3)cc2)C1. The number of rotatable bonds is 5. The Kier molecular flexibility index (Phi) is 5.68. The molecule has 0 bridgehead atoms. The maximum atomic E-state index is 12.4. The first-order valence-electron chi connectivity index (χ1n) is 9.04. The number of nitrogens with one attached hydrogen (secondary N) is 1. The number of carbonyl (C=O) groups is 2. The Morgan fingerprint density at radius 3 is 2.35 bits per heavy atom. The summed E-state index contributed by atoms with van der Waals surface area (Å²) in [6.07, 6.45) is 2.58. The molecule has 5 nitrogen and oxygen atoms in total. The van der Waals surface area contributed by atoms with Crippen LogP contribution < -0.4 is 11.1 Å². The molecule has 0 spiro atoms. The first kappa shape index (κ1) is 18.1. The minimum absolute atomic E-state index is 0.171. The second-order valence-corrected chi connectivity index (χ2v) is 7.08. The third-order valence-corrected chi connectivity index (χ3v) is 4.79. The third-order valence-electron chi connectivity index (χ3n) is 4.79. The first-order chi connectivity index (χ1) is 12.5. The third kappa shape index (κ3) is 4.70. The van der Waals surface area contributed by atoms with Gasteiger partial charge in [-0.25, -0.2) is 0 Å². The smallest absolute Gasteiger partial charge is 0.255 e. The number of primary amides is 1. The fourth-order valence-corrected chi connectivity index (χ4v) is 3.37. The largest absolute Gasteiger partial charge is 0.366 e. The maximum Gasteiger partial charge on any atom is 0.255 e. The Morgan fingerprint density at radius 2 is 1.73 bits per heavy atom. The fraction of sp³-hybridized carbons (Fsp3) is 0.333. The van der Waals surface area contributed by atoms with Gasteiger partial charge in [0.2, 0.25) is 5.91 Å². The average molecular weight is 351 g/mol. The van der Waals surface area contributed by atoms with E-state index in [2.05, 4.69) is 17.1 Å². The molecular formula is C21H25N3O2. The summed E-state index contributed by atoms with van der Waals surface area (Å²) in [6.45, 7) is 5.52. The number of piperidine rings is 1. The van der Waals surface area contributed by atoms with Gasteiger partial charge < -0.3 is 11.1 Å². The van der Waals surface area contributed by atoms with Crippen LogP contribution >= 0.6 is 0 Å². The highest BCUT2D eigenvalue weighted by molar-refractivity contribution is 6.04. The Morgan fingerprint density at radius 1 is 1.08 bits per heavy atom. The molecule has 0 aliphatic carbocycles. The molecular weight excluding hydrogens is 326 g/mol. The average Bonchev–Trinajstić information content (AvgIpc) is 2.63. The molecule has 1 aliphatic rings. The van der Waals surface area contributed by atoms with Crippen molar-refractivity contribution in [2.24, 2.45) is 11.7 Å². The predicted octanol–water partition coefficient (Wildman–Crippen LogP) is 3.27. The molecule has 0 radical (unpaired) electrons. The van der Waals surface area contributed by atoms with E-state index in [0.717, 1.165) is 25.6 Å². The van der Waals surface area contributed by atoms with Gasteiger partial charge in [-0.2, -0.15) is 0 Å². The van der Waals surface area contributed by atoms with Crippen molar-refractivity contribution in [3.8, 4) is 0 Å². The molecule has 1 atom stereocenters. The molecule has 0 unspecified atom stereocenters. The standard InChI is InChI=1S/C21H25N3O2/c1-15-3-2-12-24(13-15)14-16-4-6-18(7-5-16)21(26)23-19-10-8-17(9-11-19)20(22)25/h4-11,15H,2-3,12-14H2,1H3,(H2,22,25)(H,23,26)/t15-/m0/s1. The molecule has 1 fully saturated rings. The van der Waals surface area contributed by atoms with Crippen molar-refractivity contribution in [2.75, 3.05) is 18.4 Å². The van der Waals surface area contributed by atoms with Crippen LogP contribution in [0.25, 0.3) is 0 Å². The van der Waals surface area contributed by atoms with Crippen molar-refractivity contribution in [2.45, 2.75) is 26.3 Å². The first-order valence-corrected chi connectivity index (χ1v) is 9.04. The van der Waals surface area contributed by atoms with E-state index in [9.17, 15) is 9.59 Å². The lowest BCUT2D eigenvalue weighted by Crippen LogP contribution is -2.33. The highest BCUT2D eigenvalue weighted by atomic mass is 16.2. The van der Waals surface area contributed by atoms with Crippen LogP contribution in [0.5, 0.6) is 0 Å². The zero-order valence-corrected chi connectivity index (χ0v) is 15.1. The van der Waals surface area contributed by atoms with E-state index < -0.39 is 5.91 Å². The summed E-state index contributed by atoms with van der Waals surface area (Å²) in [7, 11) is 0. The topological polar surface area (TPSA) is 75.4 Å². The van der Waals surface area contributed by atoms with Gasteiger partial charge in [0.25, 0.3) is 5.91 Å². The zero-order valence-electron chi connectivity index (χ0n) is 15.1. The molecule has 1 heterocycles. The van der Waals surface area contributed by atoms with Gasteiger partial charge in [0.05, 0.1) is 0 Å². The number of hydrogen-bond donors (Lipinski definition) is 2. The van der Waals surface area contributed by atoms with E-state index in [-0.39, 0.29) is 5.91 Å². The number of anilines is 1. The van der Waals surface area contributed by atoms with E-state index in [1.165, 1.54) is 18.4 Å². The van der Waals surface area contributed by atoms with Gasteiger partial charge in [-0.05, 0) is 67.3 Å². The summed E-state index contributed by atoms with van der Waals surface area (Å²) >= 11 is 0. The highest BCUT2D eigenvalue weighted by Crippen LogP contribution is 2.18. The zero-order chi connectivity index (χ0) is 18.5. The van der Waals surface area contributed by atoms with Crippen molar-refractivity contribution < 1.29 is 9.59 Å². The molecule has 26 heavy (non-hydrogen) atoms. The molecule has 2 aromatic rings. The van der Waals surface area contributed by atoms with E-state index in [1.807, 2.05) is 24.3 Å². The van der Waals surface area contributed by atoms with Gasteiger partial charge >= 0.3 is 0 Å². The monoisotopic (exact) mass is 351 g/mol. The lowest BCUT2D eigenvalue weighted by molar-refractivity contribution is 0.0998. The Bertz CT molecular complexity index is 769. The van der Waals surface area contributed by atoms with Gasteiger partial charge in [0.15, 0.2) is 0 Å². The van der Waals surface area contributed by atoms with Crippen LogP contribution in [0.3, 0.4) is 0 Å². The summed E-state index contributed by atoms with van der Waals surface area (Å²) in [4.78, 5) is 25.9. The van der Waals surface area contributed by atoms with Crippen LogP contribution in [0, 0.1) is 5.92 Å². The van der Waals surface area contributed by atoms with Crippen molar-refractivity contribution >= 4 is 17.5 Å². The predicted molar refractivity (Wildman–Crippen MR) is 103 cm³/mol. The van der Waals surface area contributed by atoms with Gasteiger partial charge in [-0.15, -0.1) is 0 Å². The van der Waals surface area contributed by atoms with Crippen LogP contribution in [0.2, 0.25) is 0 Å². The van der Waals surface area contributed by atoms with Crippen molar-refractivity contribution in [1.29, 1.82) is 0 Å². The molecule has 0 aromatic heterocycles. The summed E-state index contributed by atoms with van der Waals surface area (Å²) in [5.74, 6) is 0.103. The Balaban J connectivity index is 1.58. The van der Waals surface area contributed by atoms with Crippen LogP contribution in [-0.4, -0.2) is 29.8 Å². The lowest BCUT2D eigenvalue weighted by atomic mass is 9.99. The maximum absolute atomic E-state index is 12.4. The Hall–Kier alpha value is -2.66. The van der Waals surface area contributed by atoms with E-state index >= 15 is 0 Å². The van der Waals surface area contributed by atoms with Gasteiger partial charge in [0.1, 0.15) is 0 Å². The van der Waals surface area contributed by atoms with E-state index in [0.29, 0.717) is 16.8 Å². The van der Waals surface area contributed by atoms with Crippen LogP contribution in [0.15, 0.2) is 48.5 Å².